The van der Waals surface area contributed by atoms with E-state index in [0.29, 0.717) is 16.0 Å². The van der Waals surface area contributed by atoms with Gasteiger partial charge in [-0.3, -0.25) is 0 Å². The summed E-state index contributed by atoms with van der Waals surface area (Å²) in [6, 6.07) is 10.1. The molecule has 2 rings (SSSR count). The molecule has 0 spiro atoms. The second kappa shape index (κ2) is 8.63. The number of aromatic nitrogens is 1. The Labute approximate surface area is 143 Å². The lowest BCUT2D eigenvalue weighted by molar-refractivity contribution is -0.688. The highest BCUT2D eigenvalue weighted by atomic mass is 35.5. The Morgan fingerprint density at radius 1 is 1.00 bits per heavy atom. The van der Waals surface area contributed by atoms with Crippen LogP contribution in [0.4, 0.5) is 0 Å². The van der Waals surface area contributed by atoms with Crippen molar-refractivity contribution in [2.24, 2.45) is 0 Å². The summed E-state index contributed by atoms with van der Waals surface area (Å²) < 4.78 is 2.14. The van der Waals surface area contributed by atoms with Gasteiger partial charge in [-0.25, -0.2) is 4.57 Å². The number of rotatable bonds is 5. The number of nitrogens with zero attached hydrogens (tertiary/aromatic N) is 1. The fraction of sp³-hybridized carbons (Fsp3) is 0.353. The van der Waals surface area contributed by atoms with Crippen molar-refractivity contribution in [3.63, 3.8) is 0 Å². The van der Waals surface area contributed by atoms with Gasteiger partial charge in [-0.1, -0.05) is 37.0 Å². The van der Waals surface area contributed by atoms with Crippen LogP contribution in [0.1, 0.15) is 43.7 Å². The number of benzene rings is 1. The van der Waals surface area contributed by atoms with E-state index < -0.39 is 0 Å². The molecule has 4 heteroatoms. The Bertz CT molecular complexity index is 563. The smallest absolute Gasteiger partial charge is 0.175 e. The monoisotopic (exact) mass is 343 g/mol. The van der Waals surface area contributed by atoms with Gasteiger partial charge in [-0.2, -0.15) is 0 Å². The highest BCUT2D eigenvalue weighted by Crippen LogP contribution is 2.22. The normalized spacial score (nSPS) is 10.5. The fourth-order valence-corrected chi connectivity index (χ4v) is 2.92. The maximum absolute atomic E-state index is 6.21. The molecule has 0 aliphatic heterocycles. The van der Waals surface area contributed by atoms with Gasteiger partial charge in [-0.05, 0) is 42.5 Å². The van der Waals surface area contributed by atoms with E-state index in [1.807, 2.05) is 12.1 Å². The first-order valence-electron chi connectivity index (χ1n) is 7.07. The molecule has 0 saturated heterocycles. The van der Waals surface area contributed by atoms with Gasteiger partial charge in [0.25, 0.3) is 0 Å². The Kier molecular flexibility index (Phi) is 7.51. The van der Waals surface area contributed by atoms with Crippen molar-refractivity contribution in [2.45, 2.75) is 39.2 Å². The van der Waals surface area contributed by atoms with Crippen molar-refractivity contribution in [2.75, 3.05) is 0 Å². The molecule has 0 N–H and O–H groups in total. The van der Waals surface area contributed by atoms with E-state index in [0.717, 1.165) is 12.1 Å². The van der Waals surface area contributed by atoms with Crippen LogP contribution in [-0.2, 0) is 6.54 Å². The Morgan fingerprint density at radius 2 is 1.62 bits per heavy atom. The van der Waals surface area contributed by atoms with E-state index in [9.17, 15) is 0 Å². The van der Waals surface area contributed by atoms with Crippen molar-refractivity contribution >= 4 is 23.2 Å². The third-order valence-corrected chi connectivity index (χ3v) is 4.33. The first-order chi connectivity index (χ1) is 9.63. The second-order valence-corrected chi connectivity index (χ2v) is 5.90. The average molecular weight is 345 g/mol. The van der Waals surface area contributed by atoms with Gasteiger partial charge in [-0.15, -0.1) is 0 Å². The Balaban J connectivity index is 0.00000220. The van der Waals surface area contributed by atoms with Crippen molar-refractivity contribution < 1.29 is 17.0 Å². The largest absolute Gasteiger partial charge is 1.00 e. The van der Waals surface area contributed by atoms with Gasteiger partial charge in [0.15, 0.2) is 18.9 Å². The van der Waals surface area contributed by atoms with E-state index in [1.54, 1.807) is 6.07 Å². The highest BCUT2D eigenvalue weighted by molar-refractivity contribution is 6.35. The Morgan fingerprint density at radius 3 is 2.14 bits per heavy atom. The van der Waals surface area contributed by atoms with E-state index in [4.69, 9.17) is 23.2 Å². The summed E-state index contributed by atoms with van der Waals surface area (Å²) in [6.07, 6.45) is 6.62. The van der Waals surface area contributed by atoms with Crippen LogP contribution >= 0.6 is 23.2 Å². The summed E-state index contributed by atoms with van der Waals surface area (Å²) in [6.45, 7) is 5.24. The summed E-state index contributed by atoms with van der Waals surface area (Å²) in [7, 11) is 0. The van der Waals surface area contributed by atoms with E-state index in [-0.39, 0.29) is 12.4 Å². The number of hydrogen-bond donors (Lipinski definition) is 0. The van der Waals surface area contributed by atoms with Gasteiger partial charge >= 0.3 is 0 Å². The maximum atomic E-state index is 6.21. The molecule has 0 bridgehead atoms. The van der Waals surface area contributed by atoms with Crippen LogP contribution in [0.5, 0.6) is 0 Å². The summed E-state index contributed by atoms with van der Waals surface area (Å²) in [5, 5.41) is 1.39. The molecule has 0 atom stereocenters. The van der Waals surface area contributed by atoms with Crippen LogP contribution < -0.4 is 17.0 Å². The second-order valence-electron chi connectivity index (χ2n) is 5.05. The third-order valence-electron chi connectivity index (χ3n) is 3.74. The van der Waals surface area contributed by atoms with E-state index in [1.165, 1.54) is 18.4 Å². The fourth-order valence-electron chi connectivity index (χ4n) is 2.45. The molecule has 0 saturated carbocycles. The summed E-state index contributed by atoms with van der Waals surface area (Å²) >= 11 is 12.1. The lowest BCUT2D eigenvalue weighted by Crippen LogP contribution is -3.00. The average Bonchev–Trinajstić information content (AvgIpc) is 2.45. The molecule has 0 aliphatic rings. The lowest BCUT2D eigenvalue weighted by Gasteiger charge is -2.11. The van der Waals surface area contributed by atoms with Crippen LogP contribution in [0.3, 0.4) is 0 Å². The third kappa shape index (κ3) is 4.88. The quantitative estimate of drug-likeness (QED) is 0.733. The first-order valence-corrected chi connectivity index (χ1v) is 7.82. The van der Waals surface area contributed by atoms with Crippen molar-refractivity contribution in [1.82, 2.24) is 0 Å². The van der Waals surface area contributed by atoms with Crippen molar-refractivity contribution in [3.8, 4) is 0 Å². The molecule has 0 fully saturated rings. The molecule has 21 heavy (non-hydrogen) atoms. The molecule has 0 unspecified atom stereocenters. The molecule has 1 heterocycles. The van der Waals surface area contributed by atoms with Gasteiger partial charge in [0.2, 0.25) is 0 Å². The van der Waals surface area contributed by atoms with E-state index >= 15 is 0 Å². The SMILES string of the molecule is CCC(CC)c1cc[n+](Cc2ccc(Cl)cc2Cl)cc1.[Cl-]. The van der Waals surface area contributed by atoms with Crippen LogP contribution in [-0.4, -0.2) is 0 Å². The van der Waals surface area contributed by atoms with Crippen LogP contribution in [0.25, 0.3) is 0 Å². The van der Waals surface area contributed by atoms with Crippen LogP contribution in [0, 0.1) is 0 Å². The molecular weight excluding hydrogens is 325 g/mol. The molecule has 2 aromatic rings. The predicted molar refractivity (Wildman–Crippen MR) is 85.5 cm³/mol. The van der Waals surface area contributed by atoms with Crippen LogP contribution in [0.2, 0.25) is 10.0 Å². The molecule has 1 aromatic carbocycles. The Hall–Kier alpha value is -0.760. The standard InChI is InChI=1S/C17H20Cl2N.ClH/c1-3-13(4-2)14-7-9-20(10-8-14)12-15-5-6-16(18)11-17(15)19;/h5-11,13H,3-4,12H2,1-2H3;1H/q+1;/p-1. The highest BCUT2D eigenvalue weighted by Gasteiger charge is 2.11. The number of pyridine rings is 1. The first kappa shape index (κ1) is 18.3. The molecule has 1 nitrogen and oxygen atoms in total. The summed E-state index contributed by atoms with van der Waals surface area (Å²) in [5.41, 5.74) is 2.49. The van der Waals surface area contributed by atoms with Gasteiger partial charge in [0.05, 0.1) is 5.02 Å². The van der Waals surface area contributed by atoms with Crippen LogP contribution in [0.15, 0.2) is 42.7 Å². The molecule has 114 valence electrons. The summed E-state index contributed by atoms with van der Waals surface area (Å²) in [5.74, 6) is 0.656. The zero-order valence-electron chi connectivity index (χ0n) is 12.3. The lowest BCUT2D eigenvalue weighted by atomic mass is 9.95. The van der Waals surface area contributed by atoms with Crippen molar-refractivity contribution in [1.29, 1.82) is 0 Å². The minimum Gasteiger partial charge on any atom is -1.00 e. The molecular formula is C17H20Cl3N. The number of halogens is 3. The number of hydrogen-bond acceptors (Lipinski definition) is 0. The zero-order chi connectivity index (χ0) is 14.5. The molecule has 1 aromatic heterocycles. The summed E-state index contributed by atoms with van der Waals surface area (Å²) in [4.78, 5) is 0. The van der Waals surface area contributed by atoms with E-state index in [2.05, 4.69) is 42.9 Å². The maximum Gasteiger partial charge on any atom is 0.175 e. The van der Waals surface area contributed by atoms with Gasteiger partial charge in [0, 0.05) is 22.7 Å². The molecule has 0 radical (unpaired) electrons. The molecule has 0 amide bonds. The van der Waals surface area contributed by atoms with Crippen molar-refractivity contribution in [3.05, 3.63) is 63.9 Å². The topological polar surface area (TPSA) is 3.88 Å². The zero-order valence-corrected chi connectivity index (χ0v) is 14.6. The van der Waals surface area contributed by atoms with Gasteiger partial charge < -0.3 is 12.4 Å². The minimum absolute atomic E-state index is 0. The predicted octanol–water partition coefficient (Wildman–Crippen LogP) is 2.24. The minimum atomic E-state index is 0. The van der Waals surface area contributed by atoms with Gasteiger partial charge in [0.1, 0.15) is 0 Å². The molecule has 0 aliphatic carbocycles.